The summed E-state index contributed by atoms with van der Waals surface area (Å²) in [6, 6.07) is 9.58. The van der Waals surface area contributed by atoms with Crippen molar-refractivity contribution in [3.05, 3.63) is 30.3 Å². The van der Waals surface area contributed by atoms with E-state index in [9.17, 15) is 4.79 Å². The van der Waals surface area contributed by atoms with Gasteiger partial charge in [0.25, 0.3) is 5.91 Å². The molecule has 1 aliphatic rings. The van der Waals surface area contributed by atoms with Crippen LogP contribution in [0.25, 0.3) is 0 Å². The number of hydrogen-bond acceptors (Lipinski definition) is 4. The van der Waals surface area contributed by atoms with Gasteiger partial charge in [0.15, 0.2) is 0 Å². The summed E-state index contributed by atoms with van der Waals surface area (Å²) in [5, 5.41) is 3.15. The van der Waals surface area contributed by atoms with Crippen LogP contribution >= 0.6 is 0 Å². The van der Waals surface area contributed by atoms with Crippen molar-refractivity contribution in [3.8, 4) is 5.75 Å². The number of rotatable bonds is 5. The molecule has 2 rings (SSSR count). The molecule has 1 N–H and O–H groups in total. The van der Waals surface area contributed by atoms with E-state index in [4.69, 9.17) is 9.47 Å². The van der Waals surface area contributed by atoms with Gasteiger partial charge in [-0.15, -0.1) is 0 Å². The zero-order chi connectivity index (χ0) is 13.5. The van der Waals surface area contributed by atoms with E-state index in [-0.39, 0.29) is 12.0 Å². The van der Waals surface area contributed by atoms with Crippen molar-refractivity contribution in [3.63, 3.8) is 0 Å². The summed E-state index contributed by atoms with van der Waals surface area (Å²) in [6.07, 6.45) is -0.365. The number of hydrogen-bond donors (Lipinski definition) is 1. The fraction of sp³-hybridized carbons (Fsp3) is 0.500. The van der Waals surface area contributed by atoms with Crippen LogP contribution in [0.1, 0.15) is 0 Å². The van der Waals surface area contributed by atoms with Gasteiger partial charge in [-0.25, -0.2) is 0 Å². The number of nitrogens with one attached hydrogen (secondary N) is 1. The Labute approximate surface area is 113 Å². The molecule has 0 aromatic heterocycles. The van der Waals surface area contributed by atoms with Crippen molar-refractivity contribution < 1.29 is 14.3 Å². The number of carbonyl (C=O) groups is 1. The first-order valence-corrected chi connectivity index (χ1v) is 6.52. The third-order valence-electron chi connectivity index (χ3n) is 3.02. The van der Waals surface area contributed by atoms with Crippen LogP contribution in [0.4, 0.5) is 0 Å². The van der Waals surface area contributed by atoms with Crippen LogP contribution in [0.2, 0.25) is 0 Å². The number of amides is 1. The molecule has 1 saturated heterocycles. The van der Waals surface area contributed by atoms with Crippen molar-refractivity contribution in [2.24, 2.45) is 0 Å². The summed E-state index contributed by atoms with van der Waals surface area (Å²) in [5.41, 5.74) is 0. The first kappa shape index (κ1) is 13.8. The lowest BCUT2D eigenvalue weighted by Crippen LogP contribution is -2.49. The quantitative estimate of drug-likeness (QED) is 0.842. The molecule has 5 heteroatoms. The van der Waals surface area contributed by atoms with Gasteiger partial charge in [-0.05, 0) is 12.1 Å². The second kappa shape index (κ2) is 7.11. The SMILES string of the molecule is CN(CCOc1ccccc1)C(=O)C1CNCCO1. The minimum absolute atomic E-state index is 0.00358. The van der Waals surface area contributed by atoms with Gasteiger partial charge in [0.2, 0.25) is 0 Å². The van der Waals surface area contributed by atoms with Crippen LogP contribution in [-0.4, -0.2) is 56.8 Å². The molecule has 1 aromatic carbocycles. The van der Waals surface area contributed by atoms with E-state index < -0.39 is 0 Å². The highest BCUT2D eigenvalue weighted by Crippen LogP contribution is 2.08. The minimum atomic E-state index is -0.365. The first-order chi connectivity index (χ1) is 9.27. The van der Waals surface area contributed by atoms with Crippen molar-refractivity contribution in [1.82, 2.24) is 10.2 Å². The monoisotopic (exact) mass is 264 g/mol. The lowest BCUT2D eigenvalue weighted by molar-refractivity contribution is -0.144. The van der Waals surface area contributed by atoms with Crippen molar-refractivity contribution in [2.45, 2.75) is 6.10 Å². The fourth-order valence-corrected chi connectivity index (χ4v) is 1.90. The summed E-state index contributed by atoms with van der Waals surface area (Å²) >= 11 is 0. The number of benzene rings is 1. The maximum Gasteiger partial charge on any atom is 0.252 e. The third kappa shape index (κ3) is 4.22. The van der Waals surface area contributed by atoms with E-state index in [0.29, 0.717) is 26.3 Å². The molecule has 0 aliphatic carbocycles. The normalized spacial score (nSPS) is 18.9. The van der Waals surface area contributed by atoms with Crippen LogP contribution < -0.4 is 10.1 Å². The summed E-state index contributed by atoms with van der Waals surface area (Å²) < 4.78 is 11.0. The van der Waals surface area contributed by atoms with E-state index in [1.165, 1.54) is 0 Å². The van der Waals surface area contributed by atoms with Gasteiger partial charge in [-0.2, -0.15) is 0 Å². The average Bonchev–Trinajstić information content (AvgIpc) is 2.48. The molecular weight excluding hydrogens is 244 g/mol. The molecule has 0 saturated carbocycles. The highest BCUT2D eigenvalue weighted by molar-refractivity contribution is 5.81. The summed E-state index contributed by atoms with van der Waals surface area (Å²) in [7, 11) is 1.77. The number of ether oxygens (including phenoxy) is 2. The van der Waals surface area contributed by atoms with Gasteiger partial charge < -0.3 is 19.7 Å². The Kier molecular flexibility index (Phi) is 5.18. The summed E-state index contributed by atoms with van der Waals surface area (Å²) in [4.78, 5) is 13.7. The Hall–Kier alpha value is -1.59. The Morgan fingerprint density at radius 2 is 2.26 bits per heavy atom. The van der Waals surface area contributed by atoms with Gasteiger partial charge >= 0.3 is 0 Å². The second-order valence-electron chi connectivity index (χ2n) is 4.48. The molecule has 0 spiro atoms. The zero-order valence-electron chi connectivity index (χ0n) is 11.2. The molecule has 5 nitrogen and oxygen atoms in total. The molecule has 1 fully saturated rings. The average molecular weight is 264 g/mol. The molecule has 1 aliphatic heterocycles. The maximum absolute atomic E-state index is 12.0. The van der Waals surface area contributed by atoms with E-state index >= 15 is 0 Å². The molecule has 1 aromatic rings. The lowest BCUT2D eigenvalue weighted by Gasteiger charge is -2.27. The number of para-hydroxylation sites is 1. The van der Waals surface area contributed by atoms with E-state index in [1.54, 1.807) is 11.9 Å². The van der Waals surface area contributed by atoms with Crippen LogP contribution in [0.15, 0.2) is 30.3 Å². The Balaban J connectivity index is 1.71. The van der Waals surface area contributed by atoms with E-state index in [1.807, 2.05) is 30.3 Å². The van der Waals surface area contributed by atoms with Crippen LogP contribution in [0.3, 0.4) is 0 Å². The third-order valence-corrected chi connectivity index (χ3v) is 3.02. The highest BCUT2D eigenvalue weighted by atomic mass is 16.5. The fourth-order valence-electron chi connectivity index (χ4n) is 1.90. The van der Waals surface area contributed by atoms with Gasteiger partial charge in [0, 0.05) is 20.1 Å². The molecule has 0 bridgehead atoms. The topological polar surface area (TPSA) is 50.8 Å². The number of morpholine rings is 1. The van der Waals surface area contributed by atoms with Crippen molar-refractivity contribution in [1.29, 1.82) is 0 Å². The molecule has 104 valence electrons. The van der Waals surface area contributed by atoms with Gasteiger partial charge in [0.05, 0.1) is 13.2 Å². The molecule has 19 heavy (non-hydrogen) atoms. The molecule has 0 radical (unpaired) electrons. The molecule has 1 heterocycles. The Bertz CT molecular complexity index is 391. The van der Waals surface area contributed by atoms with E-state index in [0.717, 1.165) is 12.3 Å². The Morgan fingerprint density at radius 1 is 1.47 bits per heavy atom. The Morgan fingerprint density at radius 3 is 2.95 bits per heavy atom. The van der Waals surface area contributed by atoms with Gasteiger partial charge in [-0.1, -0.05) is 18.2 Å². The second-order valence-corrected chi connectivity index (χ2v) is 4.48. The van der Waals surface area contributed by atoms with Crippen molar-refractivity contribution in [2.75, 3.05) is 39.9 Å². The maximum atomic E-state index is 12.0. The molecular formula is C14H20N2O3. The highest BCUT2D eigenvalue weighted by Gasteiger charge is 2.24. The number of likely N-dealkylation sites (N-methyl/N-ethyl adjacent to an activating group) is 1. The zero-order valence-corrected chi connectivity index (χ0v) is 11.2. The lowest BCUT2D eigenvalue weighted by atomic mass is 10.2. The summed E-state index contributed by atoms with van der Waals surface area (Å²) in [6.45, 7) is 3.01. The first-order valence-electron chi connectivity index (χ1n) is 6.52. The van der Waals surface area contributed by atoms with E-state index in [2.05, 4.69) is 5.32 Å². The largest absolute Gasteiger partial charge is 0.492 e. The number of nitrogens with zero attached hydrogens (tertiary/aromatic N) is 1. The molecule has 1 unspecified atom stereocenters. The number of carbonyl (C=O) groups excluding carboxylic acids is 1. The van der Waals surface area contributed by atoms with Crippen LogP contribution in [0.5, 0.6) is 5.75 Å². The summed E-state index contributed by atoms with van der Waals surface area (Å²) in [5.74, 6) is 0.822. The van der Waals surface area contributed by atoms with Gasteiger partial charge in [-0.3, -0.25) is 4.79 Å². The van der Waals surface area contributed by atoms with Crippen LogP contribution in [-0.2, 0) is 9.53 Å². The predicted octanol–water partition coefficient (Wildman–Crippen LogP) is 0.512. The van der Waals surface area contributed by atoms with Crippen molar-refractivity contribution >= 4 is 5.91 Å². The standard InChI is InChI=1S/C14H20N2O3/c1-16(14(17)13-11-15-7-9-19-13)8-10-18-12-5-3-2-4-6-12/h2-6,13,15H,7-11H2,1H3. The molecule has 1 atom stereocenters. The predicted molar refractivity (Wildman–Crippen MR) is 72.2 cm³/mol. The smallest absolute Gasteiger partial charge is 0.252 e. The molecule has 1 amide bonds. The van der Waals surface area contributed by atoms with Gasteiger partial charge in [0.1, 0.15) is 18.5 Å². The van der Waals surface area contributed by atoms with Crippen LogP contribution in [0, 0.1) is 0 Å². The minimum Gasteiger partial charge on any atom is -0.492 e.